The highest BCUT2D eigenvalue weighted by Gasteiger charge is 2.25. The van der Waals surface area contributed by atoms with Gasteiger partial charge in [-0.2, -0.15) is 0 Å². The Morgan fingerprint density at radius 2 is 1.90 bits per heavy atom. The van der Waals surface area contributed by atoms with E-state index in [4.69, 9.17) is 9.47 Å². The predicted octanol–water partition coefficient (Wildman–Crippen LogP) is 1.43. The molecule has 6 heteroatoms. The molecule has 6 nitrogen and oxygen atoms in total. The maximum Gasteiger partial charge on any atom is 0.307 e. The van der Waals surface area contributed by atoms with E-state index in [1.165, 1.54) is 21.3 Å². The van der Waals surface area contributed by atoms with Gasteiger partial charge >= 0.3 is 5.97 Å². The van der Waals surface area contributed by atoms with Crippen LogP contribution in [0.5, 0.6) is 11.5 Å². The zero-order chi connectivity index (χ0) is 15.8. The Hall–Kier alpha value is -2.08. The van der Waals surface area contributed by atoms with Crippen molar-refractivity contribution in [2.24, 2.45) is 0 Å². The van der Waals surface area contributed by atoms with Crippen LogP contribution in [-0.2, 0) is 9.53 Å². The maximum atomic E-state index is 12.6. The van der Waals surface area contributed by atoms with E-state index in [9.17, 15) is 9.59 Å². The molecule has 0 heterocycles. The monoisotopic (exact) mass is 295 g/mol. The average Bonchev–Trinajstić information content (AvgIpc) is 2.52. The lowest BCUT2D eigenvalue weighted by molar-refractivity contribution is -0.140. The first-order valence-corrected chi connectivity index (χ1v) is 6.63. The molecule has 21 heavy (non-hydrogen) atoms. The molecule has 0 bridgehead atoms. The van der Waals surface area contributed by atoms with Crippen molar-refractivity contribution in [2.45, 2.75) is 19.4 Å². The van der Waals surface area contributed by atoms with Crippen LogP contribution < -0.4 is 14.8 Å². The van der Waals surface area contributed by atoms with E-state index in [1.54, 1.807) is 18.2 Å². The topological polar surface area (TPSA) is 73.9 Å². The summed E-state index contributed by atoms with van der Waals surface area (Å²) in [5.41, 5.74) is 0.367. The van der Waals surface area contributed by atoms with Crippen LogP contribution in [0.3, 0.4) is 0 Å². The van der Waals surface area contributed by atoms with Gasteiger partial charge in [-0.15, -0.1) is 0 Å². The smallest absolute Gasteiger partial charge is 0.307 e. The van der Waals surface area contributed by atoms with E-state index in [2.05, 4.69) is 10.1 Å². The summed E-state index contributed by atoms with van der Waals surface area (Å²) in [6.45, 7) is 2.42. The van der Waals surface area contributed by atoms with Gasteiger partial charge in [0.15, 0.2) is 5.78 Å². The normalized spacial score (nSPS) is 11.6. The fourth-order valence-corrected chi connectivity index (χ4v) is 1.95. The van der Waals surface area contributed by atoms with Gasteiger partial charge in [0.1, 0.15) is 11.5 Å². The van der Waals surface area contributed by atoms with Gasteiger partial charge in [0.25, 0.3) is 0 Å². The Labute approximate surface area is 124 Å². The SMILES string of the molecule is CCNC(CC(=O)OC)C(=O)c1cc(OC)ccc1OC. The molecule has 1 N–H and O–H groups in total. The molecule has 0 spiro atoms. The van der Waals surface area contributed by atoms with Gasteiger partial charge in [-0.05, 0) is 24.7 Å². The second-order valence-corrected chi connectivity index (χ2v) is 4.32. The van der Waals surface area contributed by atoms with Gasteiger partial charge in [0, 0.05) is 0 Å². The first-order valence-electron chi connectivity index (χ1n) is 6.63. The number of carbonyl (C=O) groups is 2. The first kappa shape index (κ1) is 17.0. The van der Waals surface area contributed by atoms with Crippen LogP contribution in [0, 0.1) is 0 Å². The van der Waals surface area contributed by atoms with Gasteiger partial charge in [-0.1, -0.05) is 6.92 Å². The number of rotatable bonds is 8. The number of ketones is 1. The Kier molecular flexibility index (Phi) is 6.68. The largest absolute Gasteiger partial charge is 0.497 e. The second kappa shape index (κ2) is 8.26. The highest BCUT2D eigenvalue weighted by atomic mass is 16.5. The Balaban J connectivity index is 3.09. The zero-order valence-corrected chi connectivity index (χ0v) is 12.8. The van der Waals surface area contributed by atoms with Crippen LogP contribution in [0.1, 0.15) is 23.7 Å². The second-order valence-electron chi connectivity index (χ2n) is 4.32. The van der Waals surface area contributed by atoms with E-state index in [-0.39, 0.29) is 12.2 Å². The van der Waals surface area contributed by atoms with Gasteiger partial charge in [-0.3, -0.25) is 9.59 Å². The van der Waals surface area contributed by atoms with Gasteiger partial charge < -0.3 is 19.5 Å². The molecule has 1 unspecified atom stereocenters. The third-order valence-corrected chi connectivity index (χ3v) is 3.04. The minimum absolute atomic E-state index is 0.0382. The van der Waals surface area contributed by atoms with Crippen LogP contribution >= 0.6 is 0 Å². The van der Waals surface area contributed by atoms with Crippen molar-refractivity contribution >= 4 is 11.8 Å². The van der Waals surface area contributed by atoms with Gasteiger partial charge in [0.2, 0.25) is 0 Å². The number of ether oxygens (including phenoxy) is 3. The Bertz CT molecular complexity index is 501. The number of likely N-dealkylation sites (N-methyl/N-ethyl adjacent to an activating group) is 1. The molecule has 0 saturated heterocycles. The molecule has 1 aromatic carbocycles. The number of carbonyl (C=O) groups excluding carboxylic acids is 2. The number of esters is 1. The molecule has 0 saturated carbocycles. The van der Waals surface area contributed by atoms with E-state index in [1.807, 2.05) is 6.92 Å². The van der Waals surface area contributed by atoms with E-state index in [0.29, 0.717) is 23.6 Å². The molecule has 0 aromatic heterocycles. The van der Waals surface area contributed by atoms with E-state index >= 15 is 0 Å². The van der Waals surface area contributed by atoms with E-state index in [0.717, 1.165) is 0 Å². The predicted molar refractivity (Wildman–Crippen MR) is 78.0 cm³/mol. The summed E-state index contributed by atoms with van der Waals surface area (Å²) < 4.78 is 15.0. The number of benzene rings is 1. The number of nitrogens with one attached hydrogen (secondary N) is 1. The molecule has 1 atom stereocenters. The van der Waals surface area contributed by atoms with Crippen LogP contribution in [0.25, 0.3) is 0 Å². The first-order chi connectivity index (χ1) is 10.1. The number of hydrogen-bond donors (Lipinski definition) is 1. The van der Waals surface area contributed by atoms with Gasteiger partial charge in [-0.25, -0.2) is 0 Å². The molecule has 1 aromatic rings. The Morgan fingerprint density at radius 3 is 2.43 bits per heavy atom. The number of hydrogen-bond acceptors (Lipinski definition) is 6. The van der Waals surface area contributed by atoms with Crippen molar-refractivity contribution in [3.63, 3.8) is 0 Å². The molecule has 1 rings (SSSR count). The molecule has 0 aliphatic heterocycles. The quantitative estimate of drug-likeness (QED) is 0.577. The fraction of sp³-hybridized carbons (Fsp3) is 0.467. The van der Waals surface area contributed by atoms with Crippen molar-refractivity contribution in [1.82, 2.24) is 5.32 Å². The van der Waals surface area contributed by atoms with Crippen molar-refractivity contribution in [2.75, 3.05) is 27.9 Å². The molecule has 0 aliphatic carbocycles. The minimum Gasteiger partial charge on any atom is -0.497 e. The third-order valence-electron chi connectivity index (χ3n) is 3.04. The van der Waals surface area contributed by atoms with Crippen molar-refractivity contribution in [3.8, 4) is 11.5 Å². The summed E-state index contributed by atoms with van der Waals surface area (Å²) in [7, 11) is 4.30. The van der Waals surface area contributed by atoms with Crippen molar-refractivity contribution < 1.29 is 23.8 Å². The number of Topliss-reactive ketones (excluding diaryl/α,β-unsaturated/α-hetero) is 1. The lowest BCUT2D eigenvalue weighted by atomic mass is 10.00. The standard InChI is InChI=1S/C15H21NO5/c1-5-16-12(9-14(17)21-4)15(18)11-8-10(19-2)6-7-13(11)20-3/h6-8,12,16H,5,9H2,1-4H3. The molecular formula is C15H21NO5. The summed E-state index contributed by atoms with van der Waals surface area (Å²) in [6.07, 6.45) is -0.0382. The summed E-state index contributed by atoms with van der Waals surface area (Å²) in [6, 6.07) is 4.30. The van der Waals surface area contributed by atoms with Crippen LogP contribution in [0.2, 0.25) is 0 Å². The highest BCUT2D eigenvalue weighted by molar-refractivity contribution is 6.04. The lowest BCUT2D eigenvalue weighted by Gasteiger charge is -2.17. The fourth-order valence-electron chi connectivity index (χ4n) is 1.95. The van der Waals surface area contributed by atoms with Gasteiger partial charge in [0.05, 0.1) is 39.4 Å². The summed E-state index contributed by atoms with van der Waals surface area (Å²) >= 11 is 0. The highest BCUT2D eigenvalue weighted by Crippen LogP contribution is 2.25. The minimum atomic E-state index is -0.663. The summed E-state index contributed by atoms with van der Waals surface area (Å²) in [4.78, 5) is 24.1. The Morgan fingerprint density at radius 1 is 1.19 bits per heavy atom. The third kappa shape index (κ3) is 4.46. The van der Waals surface area contributed by atoms with Crippen LogP contribution in [-0.4, -0.2) is 45.7 Å². The average molecular weight is 295 g/mol. The zero-order valence-electron chi connectivity index (χ0n) is 12.8. The van der Waals surface area contributed by atoms with E-state index < -0.39 is 12.0 Å². The van der Waals surface area contributed by atoms with Crippen molar-refractivity contribution in [1.29, 1.82) is 0 Å². The van der Waals surface area contributed by atoms with Crippen LogP contribution in [0.4, 0.5) is 0 Å². The molecular weight excluding hydrogens is 274 g/mol. The van der Waals surface area contributed by atoms with Crippen molar-refractivity contribution in [3.05, 3.63) is 23.8 Å². The molecule has 0 fully saturated rings. The molecule has 116 valence electrons. The lowest BCUT2D eigenvalue weighted by Crippen LogP contribution is -2.39. The summed E-state index contributed by atoms with van der Waals surface area (Å²) in [5.74, 6) is 0.301. The molecule has 0 radical (unpaired) electrons. The van der Waals surface area contributed by atoms with Crippen LogP contribution in [0.15, 0.2) is 18.2 Å². The molecule has 0 amide bonds. The number of methoxy groups -OCH3 is 3. The maximum absolute atomic E-state index is 12.6. The molecule has 0 aliphatic rings. The summed E-state index contributed by atoms with van der Waals surface area (Å²) in [5, 5.41) is 2.99.